The van der Waals surface area contributed by atoms with E-state index in [2.05, 4.69) is 20.5 Å². The minimum Gasteiger partial charge on any atom is -0.345 e. The number of nitrogens with one attached hydrogen (secondary N) is 2. The van der Waals surface area contributed by atoms with E-state index in [9.17, 15) is 4.79 Å². The van der Waals surface area contributed by atoms with Crippen LogP contribution in [0.25, 0.3) is 11.3 Å². The average molecular weight is 313 g/mol. The number of rotatable bonds is 4. The molecule has 22 heavy (non-hydrogen) atoms. The standard InChI is InChI=1S/C16H13ClN4O/c17-12-5-3-4-11(8-12)14-9-15(21-20-14)16(22)19-10-13-6-1-2-7-18-13/h1-9H,10H2,(H,19,22)(H,20,21). The first-order chi connectivity index (χ1) is 10.7. The first-order valence-electron chi connectivity index (χ1n) is 6.72. The number of hydrogen-bond acceptors (Lipinski definition) is 3. The number of carbonyl (C=O) groups excluding carboxylic acids is 1. The third-order valence-electron chi connectivity index (χ3n) is 3.10. The van der Waals surface area contributed by atoms with Crippen molar-refractivity contribution in [2.45, 2.75) is 6.54 Å². The Morgan fingerprint density at radius 3 is 2.86 bits per heavy atom. The molecule has 0 aliphatic rings. The molecule has 2 N–H and O–H groups in total. The van der Waals surface area contributed by atoms with Crippen molar-refractivity contribution in [1.29, 1.82) is 0 Å². The number of aromatic amines is 1. The number of nitrogens with zero attached hydrogens (tertiary/aromatic N) is 2. The number of amides is 1. The molecule has 110 valence electrons. The van der Waals surface area contributed by atoms with Crippen LogP contribution in [0.1, 0.15) is 16.2 Å². The number of carbonyl (C=O) groups is 1. The van der Waals surface area contributed by atoms with Gasteiger partial charge in [-0.15, -0.1) is 0 Å². The third-order valence-corrected chi connectivity index (χ3v) is 3.33. The topological polar surface area (TPSA) is 70.7 Å². The highest BCUT2D eigenvalue weighted by atomic mass is 35.5. The molecule has 0 unspecified atom stereocenters. The molecule has 0 aliphatic heterocycles. The van der Waals surface area contributed by atoms with E-state index in [0.29, 0.717) is 23.0 Å². The van der Waals surface area contributed by atoms with Crippen LogP contribution in [0.15, 0.2) is 54.7 Å². The summed E-state index contributed by atoms with van der Waals surface area (Å²) in [6, 6.07) is 14.6. The highest BCUT2D eigenvalue weighted by Gasteiger charge is 2.11. The van der Waals surface area contributed by atoms with Gasteiger partial charge in [0.05, 0.1) is 17.9 Å². The Kier molecular flexibility index (Phi) is 4.16. The minimum atomic E-state index is -0.230. The van der Waals surface area contributed by atoms with E-state index in [0.717, 1.165) is 11.3 Å². The molecule has 2 heterocycles. The van der Waals surface area contributed by atoms with Gasteiger partial charge in [-0.25, -0.2) is 0 Å². The lowest BCUT2D eigenvalue weighted by atomic mass is 10.1. The molecule has 1 amide bonds. The van der Waals surface area contributed by atoms with Crippen LogP contribution >= 0.6 is 11.6 Å². The van der Waals surface area contributed by atoms with Gasteiger partial charge in [-0.3, -0.25) is 14.9 Å². The summed E-state index contributed by atoms with van der Waals surface area (Å²) >= 11 is 5.96. The SMILES string of the molecule is O=C(NCc1ccccn1)c1cc(-c2cccc(Cl)c2)n[nH]1. The Labute approximate surface area is 132 Å². The molecule has 5 nitrogen and oxygen atoms in total. The van der Waals surface area contributed by atoms with E-state index in [1.54, 1.807) is 24.4 Å². The van der Waals surface area contributed by atoms with Crippen molar-refractivity contribution in [2.75, 3.05) is 0 Å². The number of H-pyrrole nitrogens is 1. The van der Waals surface area contributed by atoms with E-state index in [-0.39, 0.29) is 5.91 Å². The van der Waals surface area contributed by atoms with Crippen LogP contribution in [0.3, 0.4) is 0 Å². The summed E-state index contributed by atoms with van der Waals surface area (Å²) in [6.07, 6.45) is 1.69. The first kappa shape index (κ1) is 14.3. The normalized spacial score (nSPS) is 10.4. The monoisotopic (exact) mass is 312 g/mol. The van der Waals surface area contributed by atoms with Gasteiger partial charge in [0.1, 0.15) is 5.69 Å². The molecule has 0 aliphatic carbocycles. The summed E-state index contributed by atoms with van der Waals surface area (Å²) in [5.41, 5.74) is 2.72. The van der Waals surface area contributed by atoms with Gasteiger partial charge < -0.3 is 5.32 Å². The molecule has 0 radical (unpaired) electrons. The van der Waals surface area contributed by atoms with Crippen LogP contribution in [-0.2, 0) is 6.54 Å². The predicted octanol–water partition coefficient (Wildman–Crippen LogP) is 3.06. The van der Waals surface area contributed by atoms with Crippen molar-refractivity contribution in [3.63, 3.8) is 0 Å². The molecule has 0 spiro atoms. The summed E-state index contributed by atoms with van der Waals surface area (Å²) in [5, 5.41) is 10.3. The van der Waals surface area contributed by atoms with E-state index < -0.39 is 0 Å². The summed E-state index contributed by atoms with van der Waals surface area (Å²) in [4.78, 5) is 16.2. The lowest BCUT2D eigenvalue weighted by Gasteiger charge is -2.02. The number of hydrogen-bond donors (Lipinski definition) is 2. The predicted molar refractivity (Wildman–Crippen MR) is 84.4 cm³/mol. The highest BCUT2D eigenvalue weighted by Crippen LogP contribution is 2.21. The molecular formula is C16H13ClN4O. The van der Waals surface area contributed by atoms with Crippen LogP contribution < -0.4 is 5.32 Å². The molecule has 2 aromatic heterocycles. The van der Waals surface area contributed by atoms with Gasteiger partial charge in [0.25, 0.3) is 5.91 Å². The van der Waals surface area contributed by atoms with Crippen LogP contribution in [0.5, 0.6) is 0 Å². The van der Waals surface area contributed by atoms with Crippen LogP contribution in [-0.4, -0.2) is 21.1 Å². The van der Waals surface area contributed by atoms with Crippen molar-refractivity contribution in [2.24, 2.45) is 0 Å². The summed E-state index contributed by atoms with van der Waals surface area (Å²) in [7, 11) is 0. The fourth-order valence-electron chi connectivity index (χ4n) is 2.00. The second-order valence-electron chi connectivity index (χ2n) is 4.68. The number of aromatic nitrogens is 3. The minimum absolute atomic E-state index is 0.230. The van der Waals surface area contributed by atoms with Crippen LogP contribution in [0, 0.1) is 0 Å². The van der Waals surface area contributed by atoms with Crippen LogP contribution in [0.2, 0.25) is 5.02 Å². The van der Waals surface area contributed by atoms with Crippen molar-refractivity contribution in [1.82, 2.24) is 20.5 Å². The van der Waals surface area contributed by atoms with E-state index in [1.807, 2.05) is 30.3 Å². The maximum Gasteiger partial charge on any atom is 0.269 e. The molecule has 0 bridgehead atoms. The zero-order valence-electron chi connectivity index (χ0n) is 11.6. The molecule has 3 rings (SSSR count). The van der Waals surface area contributed by atoms with Gasteiger partial charge in [-0.2, -0.15) is 5.10 Å². The smallest absolute Gasteiger partial charge is 0.269 e. The molecule has 3 aromatic rings. The second-order valence-corrected chi connectivity index (χ2v) is 5.12. The zero-order valence-corrected chi connectivity index (χ0v) is 12.3. The van der Waals surface area contributed by atoms with E-state index in [4.69, 9.17) is 11.6 Å². The Bertz CT molecular complexity index is 786. The number of benzene rings is 1. The van der Waals surface area contributed by atoms with E-state index >= 15 is 0 Å². The number of pyridine rings is 1. The fraction of sp³-hybridized carbons (Fsp3) is 0.0625. The van der Waals surface area contributed by atoms with E-state index in [1.165, 1.54) is 0 Å². The Balaban J connectivity index is 1.69. The lowest BCUT2D eigenvalue weighted by Crippen LogP contribution is -2.23. The maximum atomic E-state index is 12.1. The van der Waals surface area contributed by atoms with Gasteiger partial charge in [0.2, 0.25) is 0 Å². The molecule has 1 aromatic carbocycles. The molecular weight excluding hydrogens is 300 g/mol. The van der Waals surface area contributed by atoms with Gasteiger partial charge >= 0.3 is 0 Å². The lowest BCUT2D eigenvalue weighted by molar-refractivity contribution is 0.0945. The van der Waals surface area contributed by atoms with Gasteiger partial charge in [0, 0.05) is 16.8 Å². The molecule has 0 saturated carbocycles. The first-order valence-corrected chi connectivity index (χ1v) is 7.09. The zero-order chi connectivity index (χ0) is 15.4. The molecule has 0 atom stereocenters. The Hall–Kier alpha value is -2.66. The van der Waals surface area contributed by atoms with Crippen molar-refractivity contribution >= 4 is 17.5 Å². The van der Waals surface area contributed by atoms with Crippen molar-refractivity contribution < 1.29 is 4.79 Å². The van der Waals surface area contributed by atoms with Crippen molar-refractivity contribution in [3.8, 4) is 11.3 Å². The fourth-order valence-corrected chi connectivity index (χ4v) is 2.19. The third kappa shape index (κ3) is 3.32. The summed E-state index contributed by atoms with van der Waals surface area (Å²) in [6.45, 7) is 0.366. The maximum absolute atomic E-state index is 12.1. The van der Waals surface area contributed by atoms with Crippen LogP contribution in [0.4, 0.5) is 0 Å². The molecule has 0 fully saturated rings. The second kappa shape index (κ2) is 6.41. The van der Waals surface area contributed by atoms with Crippen molar-refractivity contribution in [3.05, 3.63) is 71.1 Å². The highest BCUT2D eigenvalue weighted by molar-refractivity contribution is 6.30. The van der Waals surface area contributed by atoms with Gasteiger partial charge in [-0.1, -0.05) is 29.8 Å². The molecule has 0 saturated heterocycles. The Morgan fingerprint density at radius 2 is 2.09 bits per heavy atom. The largest absolute Gasteiger partial charge is 0.345 e. The summed E-state index contributed by atoms with van der Waals surface area (Å²) < 4.78 is 0. The quantitative estimate of drug-likeness (QED) is 0.778. The molecule has 6 heteroatoms. The Morgan fingerprint density at radius 1 is 1.18 bits per heavy atom. The summed E-state index contributed by atoms with van der Waals surface area (Å²) in [5.74, 6) is -0.230. The van der Waals surface area contributed by atoms with Gasteiger partial charge in [0.15, 0.2) is 0 Å². The van der Waals surface area contributed by atoms with Gasteiger partial charge in [-0.05, 0) is 30.3 Å². The average Bonchev–Trinajstić information content (AvgIpc) is 3.04. The number of halogens is 1.